The Morgan fingerprint density at radius 2 is 2.12 bits per heavy atom. The van der Waals surface area contributed by atoms with Crippen LogP contribution in [0.1, 0.15) is 21.5 Å². The van der Waals surface area contributed by atoms with Crippen LogP contribution in [0.5, 0.6) is 11.5 Å². The Morgan fingerprint density at radius 3 is 2.83 bits per heavy atom. The Morgan fingerprint density at radius 1 is 1.33 bits per heavy atom. The van der Waals surface area contributed by atoms with Crippen molar-refractivity contribution in [3.63, 3.8) is 0 Å². The van der Waals surface area contributed by atoms with Gasteiger partial charge in [0.05, 0.1) is 5.56 Å². The predicted molar refractivity (Wildman–Crippen MR) is 85.2 cm³/mol. The Labute approximate surface area is 137 Å². The summed E-state index contributed by atoms with van der Waals surface area (Å²) in [4.78, 5) is 23.3. The molecule has 3 rings (SSSR count). The number of benzene rings is 2. The van der Waals surface area contributed by atoms with Gasteiger partial charge >= 0.3 is 0 Å². The average molecular weight is 327 g/mol. The lowest BCUT2D eigenvalue weighted by molar-refractivity contribution is -0.119. The van der Waals surface area contributed by atoms with E-state index in [1.54, 1.807) is 25.1 Å². The number of carbonyl (C=O) groups excluding carboxylic acids is 2. The van der Waals surface area contributed by atoms with Gasteiger partial charge in [-0.2, -0.15) is 0 Å². The number of fused-ring (bicyclic) bond motifs is 1. The van der Waals surface area contributed by atoms with Crippen LogP contribution in [0.3, 0.4) is 0 Å². The van der Waals surface area contributed by atoms with Crippen LogP contribution in [0.25, 0.3) is 6.08 Å². The highest BCUT2D eigenvalue weighted by Gasteiger charge is 2.30. The summed E-state index contributed by atoms with van der Waals surface area (Å²) in [5, 5.41) is 0. The van der Waals surface area contributed by atoms with Crippen LogP contribution in [0.15, 0.2) is 42.2 Å². The topological polar surface area (TPSA) is 78.6 Å². The highest BCUT2D eigenvalue weighted by molar-refractivity contribution is 6.15. The first-order valence-corrected chi connectivity index (χ1v) is 7.19. The number of hydrogen-bond donors (Lipinski definition) is 1. The monoisotopic (exact) mass is 327 g/mol. The zero-order chi connectivity index (χ0) is 17.3. The number of amides is 1. The van der Waals surface area contributed by atoms with Crippen LogP contribution >= 0.6 is 0 Å². The molecule has 0 aromatic heterocycles. The van der Waals surface area contributed by atoms with E-state index in [-0.39, 0.29) is 18.1 Å². The zero-order valence-electron chi connectivity index (χ0n) is 12.8. The molecule has 0 aliphatic carbocycles. The maximum Gasteiger partial charge on any atom is 0.255 e. The van der Waals surface area contributed by atoms with Crippen molar-refractivity contribution in [1.82, 2.24) is 0 Å². The third kappa shape index (κ3) is 3.12. The normalized spacial score (nSPS) is 14.4. The van der Waals surface area contributed by atoms with E-state index in [2.05, 4.69) is 0 Å². The smallest absolute Gasteiger partial charge is 0.255 e. The molecule has 0 bridgehead atoms. The number of aryl methyl sites for hydroxylation is 1. The van der Waals surface area contributed by atoms with Crippen LogP contribution < -0.4 is 15.2 Å². The molecule has 0 fully saturated rings. The van der Waals surface area contributed by atoms with E-state index in [0.717, 1.165) is 0 Å². The fraction of sp³-hybridized carbons (Fsp3) is 0.111. The Hall–Kier alpha value is -3.15. The van der Waals surface area contributed by atoms with Gasteiger partial charge in [-0.1, -0.05) is 12.1 Å². The summed E-state index contributed by atoms with van der Waals surface area (Å²) in [6.07, 6.45) is 1.48. The van der Waals surface area contributed by atoms with Gasteiger partial charge in [0.1, 0.15) is 17.3 Å². The van der Waals surface area contributed by atoms with Gasteiger partial charge in [-0.25, -0.2) is 4.39 Å². The van der Waals surface area contributed by atoms with Crippen molar-refractivity contribution >= 4 is 17.8 Å². The van der Waals surface area contributed by atoms with Crippen LogP contribution in [-0.2, 0) is 4.79 Å². The molecule has 122 valence electrons. The van der Waals surface area contributed by atoms with Gasteiger partial charge in [-0.3, -0.25) is 9.59 Å². The third-order valence-electron chi connectivity index (χ3n) is 3.47. The Balaban J connectivity index is 1.92. The van der Waals surface area contributed by atoms with Crippen molar-refractivity contribution in [3.8, 4) is 11.5 Å². The van der Waals surface area contributed by atoms with E-state index >= 15 is 0 Å². The summed E-state index contributed by atoms with van der Waals surface area (Å²) < 4.78 is 24.1. The predicted octanol–water partition coefficient (Wildman–Crippen LogP) is 2.61. The summed E-state index contributed by atoms with van der Waals surface area (Å²) in [6, 6.07) is 9.00. The molecular weight excluding hydrogens is 313 g/mol. The first kappa shape index (κ1) is 15.7. The number of hydrogen-bond acceptors (Lipinski definition) is 4. The Bertz CT molecular complexity index is 873. The van der Waals surface area contributed by atoms with Crippen molar-refractivity contribution in [3.05, 3.63) is 64.7 Å². The first-order valence-electron chi connectivity index (χ1n) is 7.19. The molecule has 1 aliphatic heterocycles. The minimum Gasteiger partial charge on any atom is -0.484 e. The number of nitrogens with two attached hydrogens (primary N) is 1. The van der Waals surface area contributed by atoms with Gasteiger partial charge in [-0.15, -0.1) is 0 Å². The average Bonchev–Trinajstić information content (AvgIpc) is 2.82. The van der Waals surface area contributed by atoms with E-state index in [0.29, 0.717) is 28.2 Å². The molecule has 1 heterocycles. The summed E-state index contributed by atoms with van der Waals surface area (Å²) in [7, 11) is 0. The maximum atomic E-state index is 13.3. The molecule has 0 radical (unpaired) electrons. The molecule has 0 saturated heterocycles. The summed E-state index contributed by atoms with van der Waals surface area (Å²) >= 11 is 0. The number of primary amides is 1. The second-order valence-corrected chi connectivity index (χ2v) is 5.36. The van der Waals surface area contributed by atoms with Crippen molar-refractivity contribution in [2.24, 2.45) is 5.73 Å². The lowest BCUT2D eigenvalue weighted by Gasteiger charge is -2.07. The molecule has 0 saturated carbocycles. The molecule has 1 aliphatic rings. The standard InChI is InChI=1S/C18H14FNO4/c1-10-5-13(23-9-16(20)21)8-14-17(10)18(22)15(24-14)7-11-3-2-4-12(19)6-11/h2-8H,9H2,1H3,(H2,20,21)/b15-7-. The van der Waals surface area contributed by atoms with E-state index < -0.39 is 11.7 Å². The quantitative estimate of drug-likeness (QED) is 0.876. The lowest BCUT2D eigenvalue weighted by atomic mass is 10.0. The van der Waals surface area contributed by atoms with Gasteiger partial charge in [0.25, 0.3) is 5.91 Å². The molecule has 1 amide bonds. The highest BCUT2D eigenvalue weighted by Crippen LogP contribution is 2.37. The fourth-order valence-corrected chi connectivity index (χ4v) is 2.46. The zero-order valence-corrected chi connectivity index (χ0v) is 12.8. The summed E-state index contributed by atoms with van der Waals surface area (Å²) in [5.74, 6) is -0.464. The summed E-state index contributed by atoms with van der Waals surface area (Å²) in [6.45, 7) is 1.47. The van der Waals surface area contributed by atoms with Crippen molar-refractivity contribution < 1.29 is 23.5 Å². The van der Waals surface area contributed by atoms with E-state index in [9.17, 15) is 14.0 Å². The number of allylic oxidation sites excluding steroid dienone is 1. The van der Waals surface area contributed by atoms with E-state index in [1.807, 2.05) is 0 Å². The molecule has 2 aromatic carbocycles. The number of Topliss-reactive ketones (excluding diaryl/α,β-unsaturated/α-hetero) is 1. The largest absolute Gasteiger partial charge is 0.484 e. The van der Waals surface area contributed by atoms with Crippen molar-refractivity contribution in [2.75, 3.05) is 6.61 Å². The highest BCUT2D eigenvalue weighted by atomic mass is 19.1. The number of ether oxygens (including phenoxy) is 2. The first-order chi connectivity index (χ1) is 11.4. The molecule has 2 aromatic rings. The number of rotatable bonds is 4. The van der Waals surface area contributed by atoms with E-state index in [1.165, 1.54) is 24.3 Å². The van der Waals surface area contributed by atoms with Crippen LogP contribution in [0.4, 0.5) is 4.39 Å². The second-order valence-electron chi connectivity index (χ2n) is 5.36. The second kappa shape index (κ2) is 6.16. The molecule has 6 heteroatoms. The Kier molecular flexibility index (Phi) is 4.04. The molecule has 2 N–H and O–H groups in total. The van der Waals surface area contributed by atoms with Crippen molar-refractivity contribution in [2.45, 2.75) is 6.92 Å². The molecule has 0 atom stereocenters. The minimum atomic E-state index is -0.600. The number of halogens is 1. The van der Waals surface area contributed by atoms with Gasteiger partial charge in [0.2, 0.25) is 5.78 Å². The van der Waals surface area contributed by atoms with Gasteiger partial charge in [-0.05, 0) is 42.3 Å². The molecular formula is C18H14FNO4. The number of carbonyl (C=O) groups is 2. The molecule has 0 spiro atoms. The van der Waals surface area contributed by atoms with Gasteiger partial charge in [0.15, 0.2) is 12.4 Å². The third-order valence-corrected chi connectivity index (χ3v) is 3.47. The maximum absolute atomic E-state index is 13.3. The van der Waals surface area contributed by atoms with Gasteiger partial charge < -0.3 is 15.2 Å². The van der Waals surface area contributed by atoms with Crippen LogP contribution in [0, 0.1) is 12.7 Å². The lowest BCUT2D eigenvalue weighted by Crippen LogP contribution is -2.20. The van der Waals surface area contributed by atoms with Gasteiger partial charge in [0, 0.05) is 6.07 Å². The molecule has 0 unspecified atom stereocenters. The van der Waals surface area contributed by atoms with E-state index in [4.69, 9.17) is 15.2 Å². The molecule has 24 heavy (non-hydrogen) atoms. The molecule has 5 nitrogen and oxygen atoms in total. The van der Waals surface area contributed by atoms with Crippen LogP contribution in [0.2, 0.25) is 0 Å². The summed E-state index contributed by atoms with van der Waals surface area (Å²) in [5.41, 5.74) is 6.64. The fourth-order valence-electron chi connectivity index (χ4n) is 2.46. The SMILES string of the molecule is Cc1cc(OCC(N)=O)cc2c1C(=O)/C(=C/c1cccc(F)c1)O2. The van der Waals surface area contributed by atoms with Crippen molar-refractivity contribution in [1.29, 1.82) is 0 Å². The minimum absolute atomic E-state index is 0.103. The van der Waals surface area contributed by atoms with Crippen LogP contribution in [-0.4, -0.2) is 18.3 Å². The number of ketones is 1.